The van der Waals surface area contributed by atoms with E-state index in [2.05, 4.69) is 15.4 Å². The zero-order valence-electron chi connectivity index (χ0n) is 10.2. The lowest BCUT2D eigenvalue weighted by atomic mass is 10.3. The van der Waals surface area contributed by atoms with E-state index in [-0.39, 0.29) is 0 Å². The predicted molar refractivity (Wildman–Crippen MR) is 71.5 cm³/mol. The van der Waals surface area contributed by atoms with E-state index < -0.39 is 0 Å². The van der Waals surface area contributed by atoms with E-state index in [1.165, 1.54) is 0 Å². The quantitative estimate of drug-likeness (QED) is 0.762. The van der Waals surface area contributed by atoms with Gasteiger partial charge in [0.2, 0.25) is 0 Å². The van der Waals surface area contributed by atoms with Crippen LogP contribution in [-0.4, -0.2) is 14.6 Å². The molecule has 2 aromatic heterocycles. The number of para-hydroxylation sites is 1. The molecule has 0 aliphatic heterocycles. The number of aryl methyl sites for hydroxylation is 1. The molecule has 90 valence electrons. The average molecular weight is 238 g/mol. The van der Waals surface area contributed by atoms with Crippen molar-refractivity contribution in [3.8, 4) is 0 Å². The van der Waals surface area contributed by atoms with Gasteiger partial charge in [0, 0.05) is 36.3 Å². The monoisotopic (exact) mass is 238 g/mol. The smallest absolute Gasteiger partial charge is 0.155 e. The van der Waals surface area contributed by atoms with E-state index >= 15 is 0 Å². The second-order valence-corrected chi connectivity index (χ2v) is 4.27. The first kappa shape index (κ1) is 10.8. The minimum atomic E-state index is 0.742. The van der Waals surface area contributed by atoms with Crippen LogP contribution in [0.25, 0.3) is 5.65 Å². The Kier molecular flexibility index (Phi) is 2.68. The summed E-state index contributed by atoms with van der Waals surface area (Å²) in [6, 6.07) is 12.1. The first-order valence-electron chi connectivity index (χ1n) is 5.91. The van der Waals surface area contributed by atoms with Gasteiger partial charge in [-0.15, -0.1) is 0 Å². The fraction of sp³-hybridized carbons (Fsp3) is 0.143. The Morgan fingerprint density at radius 1 is 1.22 bits per heavy atom. The van der Waals surface area contributed by atoms with E-state index in [0.717, 1.165) is 29.1 Å². The molecule has 0 aliphatic carbocycles. The summed E-state index contributed by atoms with van der Waals surface area (Å²) in [6.07, 6.45) is 3.89. The Morgan fingerprint density at radius 2 is 2.06 bits per heavy atom. The maximum Gasteiger partial charge on any atom is 0.155 e. The summed E-state index contributed by atoms with van der Waals surface area (Å²) in [5.74, 6) is 0. The highest BCUT2D eigenvalue weighted by Gasteiger charge is 2.00. The van der Waals surface area contributed by atoms with Crippen LogP contribution < -0.4 is 5.32 Å². The van der Waals surface area contributed by atoms with Gasteiger partial charge >= 0.3 is 0 Å². The lowest BCUT2D eigenvalue weighted by Crippen LogP contribution is -2.02. The summed E-state index contributed by atoms with van der Waals surface area (Å²) in [5.41, 5.74) is 4.08. The van der Waals surface area contributed by atoms with E-state index in [1.54, 1.807) is 0 Å². The average Bonchev–Trinajstić information content (AvgIpc) is 2.77. The van der Waals surface area contributed by atoms with Crippen LogP contribution in [0.5, 0.6) is 0 Å². The van der Waals surface area contributed by atoms with Crippen molar-refractivity contribution in [2.75, 3.05) is 5.32 Å². The second kappa shape index (κ2) is 4.49. The zero-order chi connectivity index (χ0) is 12.4. The molecule has 2 heterocycles. The van der Waals surface area contributed by atoms with Crippen molar-refractivity contribution in [1.82, 2.24) is 14.6 Å². The highest BCUT2D eigenvalue weighted by molar-refractivity contribution is 5.44. The van der Waals surface area contributed by atoms with Crippen molar-refractivity contribution >= 4 is 11.3 Å². The molecule has 1 aromatic carbocycles. The molecule has 3 aromatic rings. The van der Waals surface area contributed by atoms with Gasteiger partial charge in [-0.25, -0.2) is 9.50 Å². The van der Waals surface area contributed by atoms with Crippen molar-refractivity contribution in [2.24, 2.45) is 0 Å². The summed E-state index contributed by atoms with van der Waals surface area (Å²) in [7, 11) is 0. The van der Waals surface area contributed by atoms with E-state index in [0.29, 0.717) is 0 Å². The molecule has 1 N–H and O–H groups in total. The molecule has 0 unspecified atom stereocenters. The molecular weight excluding hydrogens is 224 g/mol. The predicted octanol–water partition coefficient (Wildman–Crippen LogP) is 2.65. The van der Waals surface area contributed by atoms with Gasteiger partial charge in [0.25, 0.3) is 0 Å². The van der Waals surface area contributed by atoms with Crippen molar-refractivity contribution in [2.45, 2.75) is 13.5 Å². The molecule has 4 heteroatoms. The van der Waals surface area contributed by atoms with Crippen molar-refractivity contribution in [3.05, 3.63) is 60.0 Å². The van der Waals surface area contributed by atoms with Gasteiger partial charge < -0.3 is 5.32 Å². The minimum Gasteiger partial charge on any atom is -0.381 e. The van der Waals surface area contributed by atoms with Crippen molar-refractivity contribution < 1.29 is 0 Å². The molecule has 0 amide bonds. The van der Waals surface area contributed by atoms with Gasteiger partial charge in [0.15, 0.2) is 5.65 Å². The topological polar surface area (TPSA) is 42.2 Å². The van der Waals surface area contributed by atoms with Crippen LogP contribution in [0, 0.1) is 6.92 Å². The maximum absolute atomic E-state index is 4.37. The van der Waals surface area contributed by atoms with Crippen molar-refractivity contribution in [1.29, 1.82) is 0 Å². The zero-order valence-corrected chi connectivity index (χ0v) is 10.2. The van der Waals surface area contributed by atoms with E-state index in [1.807, 2.05) is 60.2 Å². The second-order valence-electron chi connectivity index (χ2n) is 4.27. The summed E-state index contributed by atoms with van der Waals surface area (Å²) in [5, 5.41) is 7.71. The lowest BCUT2D eigenvalue weighted by Gasteiger charge is -2.05. The number of hydrogen-bond acceptors (Lipinski definition) is 3. The number of nitrogens with zero attached hydrogens (tertiary/aromatic N) is 3. The van der Waals surface area contributed by atoms with Crippen LogP contribution in [0.4, 0.5) is 5.69 Å². The van der Waals surface area contributed by atoms with Gasteiger partial charge in [-0.05, 0) is 19.1 Å². The van der Waals surface area contributed by atoms with Crippen LogP contribution in [-0.2, 0) is 6.54 Å². The molecular formula is C14H14N4. The molecule has 0 radical (unpaired) electrons. The third-order valence-corrected chi connectivity index (χ3v) is 2.76. The van der Waals surface area contributed by atoms with Crippen LogP contribution in [0.15, 0.2) is 48.8 Å². The largest absolute Gasteiger partial charge is 0.381 e. The molecule has 0 bridgehead atoms. The molecule has 18 heavy (non-hydrogen) atoms. The van der Waals surface area contributed by atoms with Crippen LogP contribution in [0.2, 0.25) is 0 Å². The summed E-state index contributed by atoms with van der Waals surface area (Å²) >= 11 is 0. The minimum absolute atomic E-state index is 0.742. The lowest BCUT2D eigenvalue weighted by molar-refractivity contribution is 0.895. The first-order valence-corrected chi connectivity index (χ1v) is 5.91. The van der Waals surface area contributed by atoms with Crippen LogP contribution >= 0.6 is 0 Å². The number of aromatic nitrogens is 3. The number of rotatable bonds is 3. The summed E-state index contributed by atoms with van der Waals surface area (Å²) in [6.45, 7) is 2.71. The van der Waals surface area contributed by atoms with Gasteiger partial charge in [-0.3, -0.25) is 0 Å². The number of hydrogen-bond donors (Lipinski definition) is 1. The van der Waals surface area contributed by atoms with Gasteiger partial charge in [-0.1, -0.05) is 18.2 Å². The Hall–Kier alpha value is -2.36. The third-order valence-electron chi connectivity index (χ3n) is 2.76. The number of anilines is 1. The molecule has 4 nitrogen and oxygen atoms in total. The Bertz CT molecular complexity index is 658. The molecule has 0 saturated carbocycles. The SMILES string of the molecule is Cc1cc2ncc(CNc3ccccc3)cn2n1. The molecule has 0 saturated heterocycles. The fourth-order valence-electron chi connectivity index (χ4n) is 1.89. The Balaban J connectivity index is 1.78. The number of nitrogens with one attached hydrogen (secondary N) is 1. The summed E-state index contributed by atoms with van der Waals surface area (Å²) < 4.78 is 1.82. The van der Waals surface area contributed by atoms with Gasteiger partial charge in [0.1, 0.15) is 0 Å². The van der Waals surface area contributed by atoms with E-state index in [4.69, 9.17) is 0 Å². The van der Waals surface area contributed by atoms with Gasteiger partial charge in [-0.2, -0.15) is 5.10 Å². The highest BCUT2D eigenvalue weighted by Crippen LogP contribution is 2.09. The standard InChI is InChI=1S/C14H14N4/c1-11-7-14-16-9-12(10-18(14)17-11)8-15-13-5-3-2-4-6-13/h2-7,9-10,15H,8H2,1H3. The summed E-state index contributed by atoms with van der Waals surface area (Å²) in [4.78, 5) is 4.37. The molecule has 0 fully saturated rings. The fourth-order valence-corrected chi connectivity index (χ4v) is 1.89. The van der Waals surface area contributed by atoms with Gasteiger partial charge in [0.05, 0.1) is 5.69 Å². The highest BCUT2D eigenvalue weighted by atomic mass is 15.2. The maximum atomic E-state index is 4.37. The Morgan fingerprint density at radius 3 is 2.89 bits per heavy atom. The molecule has 0 spiro atoms. The number of benzene rings is 1. The molecule has 3 rings (SSSR count). The third kappa shape index (κ3) is 2.18. The molecule has 0 aliphatic rings. The Labute approximate surface area is 105 Å². The normalized spacial score (nSPS) is 10.7. The van der Waals surface area contributed by atoms with Crippen LogP contribution in [0.3, 0.4) is 0 Å². The van der Waals surface area contributed by atoms with E-state index in [9.17, 15) is 0 Å². The van der Waals surface area contributed by atoms with Crippen molar-refractivity contribution in [3.63, 3.8) is 0 Å². The van der Waals surface area contributed by atoms with Crippen LogP contribution in [0.1, 0.15) is 11.3 Å². The number of fused-ring (bicyclic) bond motifs is 1. The first-order chi connectivity index (χ1) is 8.81. The molecule has 0 atom stereocenters.